The fourth-order valence-corrected chi connectivity index (χ4v) is 3.41. The predicted molar refractivity (Wildman–Crippen MR) is 70.9 cm³/mol. The summed E-state index contributed by atoms with van der Waals surface area (Å²) in [4.78, 5) is 4.28. The Morgan fingerprint density at radius 2 is 2.22 bits per heavy atom. The SMILES string of the molecule is CNc1ncccc1S(=O)(=O)N(C)CC1CC1C. The number of pyridine rings is 1. The lowest BCUT2D eigenvalue weighted by atomic mass is 10.3. The fraction of sp³-hybridized carbons (Fsp3) is 0.583. The highest BCUT2D eigenvalue weighted by Gasteiger charge is 2.36. The monoisotopic (exact) mass is 269 g/mol. The first kappa shape index (κ1) is 13.3. The summed E-state index contributed by atoms with van der Waals surface area (Å²) in [7, 11) is -0.149. The molecule has 0 spiro atoms. The number of anilines is 1. The summed E-state index contributed by atoms with van der Waals surface area (Å²) in [6.45, 7) is 2.73. The summed E-state index contributed by atoms with van der Waals surface area (Å²) in [6.07, 6.45) is 2.69. The molecule has 1 aromatic heterocycles. The molecule has 0 aliphatic heterocycles. The largest absolute Gasteiger partial charge is 0.372 e. The van der Waals surface area contributed by atoms with E-state index in [-0.39, 0.29) is 4.90 Å². The molecule has 1 heterocycles. The zero-order valence-corrected chi connectivity index (χ0v) is 11.7. The molecule has 0 aromatic carbocycles. The second-order valence-electron chi connectivity index (χ2n) is 4.86. The van der Waals surface area contributed by atoms with Gasteiger partial charge in [0.25, 0.3) is 0 Å². The Morgan fingerprint density at radius 3 is 2.78 bits per heavy atom. The Bertz CT molecular complexity index is 530. The molecule has 1 aromatic rings. The van der Waals surface area contributed by atoms with Gasteiger partial charge in [0.15, 0.2) is 0 Å². The lowest BCUT2D eigenvalue weighted by Gasteiger charge is -2.18. The predicted octanol–water partition coefficient (Wildman–Crippen LogP) is 1.40. The topological polar surface area (TPSA) is 62.3 Å². The highest BCUT2D eigenvalue weighted by Crippen LogP contribution is 2.39. The van der Waals surface area contributed by atoms with Crippen LogP contribution in [0.15, 0.2) is 23.2 Å². The minimum Gasteiger partial charge on any atom is -0.372 e. The number of sulfonamides is 1. The van der Waals surface area contributed by atoms with Crippen molar-refractivity contribution in [3.63, 3.8) is 0 Å². The Balaban J connectivity index is 2.24. The van der Waals surface area contributed by atoms with Crippen LogP contribution in [-0.4, -0.2) is 38.3 Å². The van der Waals surface area contributed by atoms with E-state index in [2.05, 4.69) is 17.2 Å². The Hall–Kier alpha value is -1.14. The van der Waals surface area contributed by atoms with Crippen molar-refractivity contribution in [2.75, 3.05) is 26.0 Å². The molecule has 0 bridgehead atoms. The summed E-state index contributed by atoms with van der Waals surface area (Å²) in [5.74, 6) is 1.54. The van der Waals surface area contributed by atoms with E-state index in [1.54, 1.807) is 32.4 Å². The van der Waals surface area contributed by atoms with Crippen molar-refractivity contribution in [2.45, 2.75) is 18.2 Å². The normalized spacial score (nSPS) is 23.1. The molecule has 0 amide bonds. The van der Waals surface area contributed by atoms with Gasteiger partial charge in [-0.3, -0.25) is 0 Å². The third kappa shape index (κ3) is 2.49. The second kappa shape index (κ2) is 4.85. The smallest absolute Gasteiger partial charge is 0.246 e. The van der Waals surface area contributed by atoms with Crippen molar-refractivity contribution in [2.24, 2.45) is 11.8 Å². The Morgan fingerprint density at radius 1 is 1.56 bits per heavy atom. The third-order valence-corrected chi connectivity index (χ3v) is 5.32. The van der Waals surface area contributed by atoms with Crippen LogP contribution >= 0.6 is 0 Å². The molecule has 2 rings (SSSR count). The van der Waals surface area contributed by atoms with Gasteiger partial charge in [-0.25, -0.2) is 17.7 Å². The van der Waals surface area contributed by atoms with E-state index < -0.39 is 10.0 Å². The number of hydrogen-bond donors (Lipinski definition) is 1. The molecule has 5 nitrogen and oxygen atoms in total. The van der Waals surface area contributed by atoms with Crippen molar-refractivity contribution in [3.05, 3.63) is 18.3 Å². The van der Waals surface area contributed by atoms with Gasteiger partial charge < -0.3 is 5.32 Å². The number of rotatable bonds is 5. The number of nitrogens with one attached hydrogen (secondary N) is 1. The Kier molecular flexibility index (Phi) is 3.59. The van der Waals surface area contributed by atoms with Crippen LogP contribution in [0.1, 0.15) is 13.3 Å². The van der Waals surface area contributed by atoms with Crippen molar-refractivity contribution < 1.29 is 8.42 Å². The zero-order chi connectivity index (χ0) is 13.3. The van der Waals surface area contributed by atoms with Crippen molar-refractivity contribution in [1.82, 2.24) is 9.29 Å². The minimum absolute atomic E-state index is 0.239. The van der Waals surface area contributed by atoms with E-state index in [1.807, 2.05) is 0 Å². The molecule has 0 radical (unpaired) electrons. The first-order chi connectivity index (χ1) is 8.46. The summed E-state index contributed by atoms with van der Waals surface area (Å²) in [5, 5.41) is 2.82. The van der Waals surface area contributed by atoms with E-state index in [9.17, 15) is 8.42 Å². The zero-order valence-electron chi connectivity index (χ0n) is 10.9. The lowest BCUT2D eigenvalue weighted by molar-refractivity contribution is 0.445. The molecular weight excluding hydrogens is 250 g/mol. The van der Waals surface area contributed by atoms with Crippen LogP contribution in [0.2, 0.25) is 0 Å². The van der Waals surface area contributed by atoms with Gasteiger partial charge >= 0.3 is 0 Å². The second-order valence-corrected chi connectivity index (χ2v) is 6.87. The standard InChI is InChI=1S/C12H19N3O2S/c1-9-7-10(9)8-15(3)18(16,17)11-5-4-6-14-12(11)13-2/h4-6,9-10H,7-8H2,1-3H3,(H,13,14). The Labute approximate surface area is 108 Å². The van der Waals surface area contributed by atoms with Crippen LogP contribution in [0.25, 0.3) is 0 Å². The van der Waals surface area contributed by atoms with Crippen LogP contribution in [-0.2, 0) is 10.0 Å². The van der Waals surface area contributed by atoms with Crippen LogP contribution in [0, 0.1) is 11.8 Å². The van der Waals surface area contributed by atoms with Crippen LogP contribution < -0.4 is 5.32 Å². The maximum absolute atomic E-state index is 12.4. The van der Waals surface area contributed by atoms with Gasteiger partial charge in [0.1, 0.15) is 10.7 Å². The molecular formula is C12H19N3O2S. The molecule has 2 atom stereocenters. The minimum atomic E-state index is -3.45. The fourth-order valence-electron chi connectivity index (χ4n) is 2.04. The summed E-state index contributed by atoms with van der Waals surface area (Å²) in [5.41, 5.74) is 0. The highest BCUT2D eigenvalue weighted by molar-refractivity contribution is 7.89. The maximum Gasteiger partial charge on any atom is 0.246 e. The van der Waals surface area contributed by atoms with Crippen LogP contribution in [0.5, 0.6) is 0 Å². The molecule has 1 N–H and O–H groups in total. The van der Waals surface area contributed by atoms with Gasteiger partial charge in [-0.15, -0.1) is 0 Å². The number of aromatic nitrogens is 1. The first-order valence-electron chi connectivity index (χ1n) is 6.06. The van der Waals surface area contributed by atoms with Crippen LogP contribution in [0.4, 0.5) is 5.82 Å². The average molecular weight is 269 g/mol. The molecule has 1 fully saturated rings. The summed E-state index contributed by atoms with van der Waals surface area (Å²) in [6, 6.07) is 3.22. The lowest BCUT2D eigenvalue weighted by Crippen LogP contribution is -2.30. The number of hydrogen-bond acceptors (Lipinski definition) is 4. The van der Waals surface area contributed by atoms with Crippen molar-refractivity contribution in [3.8, 4) is 0 Å². The van der Waals surface area contributed by atoms with Gasteiger partial charge in [0.05, 0.1) is 0 Å². The average Bonchev–Trinajstić information content (AvgIpc) is 3.04. The molecule has 6 heteroatoms. The molecule has 0 saturated heterocycles. The highest BCUT2D eigenvalue weighted by atomic mass is 32.2. The molecule has 100 valence electrons. The quantitative estimate of drug-likeness (QED) is 0.877. The van der Waals surface area contributed by atoms with E-state index in [1.165, 1.54) is 4.31 Å². The van der Waals surface area contributed by atoms with Gasteiger partial charge in [-0.05, 0) is 30.4 Å². The molecule has 18 heavy (non-hydrogen) atoms. The maximum atomic E-state index is 12.4. The van der Waals surface area contributed by atoms with E-state index in [0.717, 1.165) is 6.42 Å². The van der Waals surface area contributed by atoms with Gasteiger partial charge in [0.2, 0.25) is 10.0 Å². The van der Waals surface area contributed by atoms with Gasteiger partial charge in [-0.1, -0.05) is 6.92 Å². The van der Waals surface area contributed by atoms with Gasteiger partial charge in [0, 0.05) is 26.8 Å². The van der Waals surface area contributed by atoms with Crippen LogP contribution in [0.3, 0.4) is 0 Å². The van der Waals surface area contributed by atoms with E-state index in [0.29, 0.717) is 24.2 Å². The molecule has 1 saturated carbocycles. The van der Waals surface area contributed by atoms with Crippen molar-refractivity contribution >= 4 is 15.8 Å². The third-order valence-electron chi connectivity index (χ3n) is 3.46. The van der Waals surface area contributed by atoms with Gasteiger partial charge in [-0.2, -0.15) is 0 Å². The molecule has 1 aliphatic carbocycles. The van der Waals surface area contributed by atoms with Crippen molar-refractivity contribution in [1.29, 1.82) is 0 Å². The summed E-state index contributed by atoms with van der Waals surface area (Å²) >= 11 is 0. The molecule has 1 aliphatic rings. The number of nitrogens with zero attached hydrogens (tertiary/aromatic N) is 2. The summed E-state index contributed by atoms with van der Waals surface area (Å²) < 4.78 is 26.3. The van der Waals surface area contributed by atoms with E-state index >= 15 is 0 Å². The first-order valence-corrected chi connectivity index (χ1v) is 7.50. The van der Waals surface area contributed by atoms with E-state index in [4.69, 9.17) is 0 Å². The molecule has 2 unspecified atom stereocenters.